The van der Waals surface area contributed by atoms with E-state index in [2.05, 4.69) is 24.1 Å². The van der Waals surface area contributed by atoms with Crippen molar-refractivity contribution < 1.29 is 31.6 Å². The molecule has 0 bridgehead atoms. The maximum atomic E-state index is 11.5. The first-order chi connectivity index (χ1) is 11.1. The zero-order valence-corrected chi connectivity index (χ0v) is 14.6. The summed E-state index contributed by atoms with van der Waals surface area (Å²) in [7, 11) is 0. The molecule has 24 heavy (non-hydrogen) atoms. The molecule has 0 aliphatic rings. The first-order valence-electron chi connectivity index (χ1n) is 7.55. The third-order valence-corrected chi connectivity index (χ3v) is 3.23. The second-order valence-electron chi connectivity index (χ2n) is 4.70. The van der Waals surface area contributed by atoms with Crippen molar-refractivity contribution in [3.63, 3.8) is 0 Å². The van der Waals surface area contributed by atoms with Crippen molar-refractivity contribution in [3.05, 3.63) is 34.4 Å². The Labute approximate surface area is 147 Å². The number of rotatable bonds is 10. The molecule has 9 heteroatoms. The maximum absolute atomic E-state index is 11.5. The van der Waals surface area contributed by atoms with Gasteiger partial charge in [-0.05, 0) is 25.2 Å². The van der Waals surface area contributed by atoms with Crippen LogP contribution in [0, 0.1) is 10.1 Å². The molecule has 0 unspecified atom stereocenters. The second kappa shape index (κ2) is 12.5. The molecule has 0 atom stereocenters. The van der Waals surface area contributed by atoms with E-state index in [1.807, 2.05) is 0 Å². The number of nitrogens with zero attached hydrogens (tertiary/aromatic N) is 2. The van der Waals surface area contributed by atoms with Gasteiger partial charge in [0.1, 0.15) is 6.61 Å². The highest BCUT2D eigenvalue weighted by molar-refractivity contribution is 5.84. The van der Waals surface area contributed by atoms with Crippen LogP contribution in [0.25, 0.3) is 0 Å². The second-order valence-corrected chi connectivity index (χ2v) is 4.70. The van der Waals surface area contributed by atoms with Crippen molar-refractivity contribution >= 4 is 17.5 Å². The number of carbonyl (C=O) groups is 1. The molecule has 1 rings (SSSR count). The molecule has 1 N–H and O–H groups in total. The summed E-state index contributed by atoms with van der Waals surface area (Å²) in [4.78, 5) is 23.8. The number of hydrogen-bond acceptors (Lipinski definition) is 6. The van der Waals surface area contributed by atoms with Gasteiger partial charge in [-0.2, -0.15) is 0 Å². The molecule has 1 amide bonds. The summed E-state index contributed by atoms with van der Waals surface area (Å²) in [5.74, 6) is 0. The van der Waals surface area contributed by atoms with Crippen molar-refractivity contribution in [2.24, 2.45) is 0 Å². The van der Waals surface area contributed by atoms with Crippen LogP contribution in [0.2, 0.25) is 0 Å². The first-order valence-corrected chi connectivity index (χ1v) is 7.55. The molecule has 0 saturated carbocycles. The van der Waals surface area contributed by atoms with Crippen LogP contribution in [0.5, 0.6) is 0 Å². The van der Waals surface area contributed by atoms with Gasteiger partial charge in [-0.15, -0.1) is 0 Å². The zero-order valence-electron chi connectivity index (χ0n) is 13.9. The first kappa shape index (κ1) is 22.1. The molecular weight excluding hydrogens is 338 g/mol. The highest BCUT2D eigenvalue weighted by atomic mass is 35.5. The minimum atomic E-state index is -0.619. The number of anilines is 1. The minimum absolute atomic E-state index is 0. The molecule has 0 radical (unpaired) electrons. The van der Waals surface area contributed by atoms with E-state index in [1.54, 1.807) is 0 Å². The maximum Gasteiger partial charge on any atom is 0.411 e. The summed E-state index contributed by atoms with van der Waals surface area (Å²) in [6, 6.07) is 5.51. The Morgan fingerprint density at radius 1 is 1.17 bits per heavy atom. The van der Waals surface area contributed by atoms with Gasteiger partial charge >= 0.3 is 6.09 Å². The topological polar surface area (TPSA) is 93.9 Å². The number of nitrogens with one attached hydrogen (secondary N) is 1. The number of ether oxygens (including phenoxy) is 2. The number of nitro benzene ring substituents is 1. The van der Waals surface area contributed by atoms with E-state index in [1.165, 1.54) is 24.3 Å². The molecule has 0 aromatic heterocycles. The number of amides is 1. The Kier molecular flexibility index (Phi) is 11.5. The number of likely N-dealkylation sites (N-methyl/N-ethyl adjacent to an activating group) is 1. The van der Waals surface area contributed by atoms with Gasteiger partial charge < -0.3 is 26.8 Å². The van der Waals surface area contributed by atoms with Crippen LogP contribution in [0.3, 0.4) is 0 Å². The number of carbonyl (C=O) groups excluding carboxylic acids is 1. The lowest BCUT2D eigenvalue weighted by Crippen LogP contribution is -3.00. The molecular formula is C15H23ClN3O5-. The van der Waals surface area contributed by atoms with Crippen molar-refractivity contribution in [3.8, 4) is 0 Å². The van der Waals surface area contributed by atoms with Crippen LogP contribution in [-0.2, 0) is 9.47 Å². The lowest BCUT2D eigenvalue weighted by atomic mass is 10.3. The van der Waals surface area contributed by atoms with Crippen molar-refractivity contribution in [1.29, 1.82) is 0 Å². The standard InChI is InChI=1S/C15H23N3O5.ClH/c1-3-17(4-2)9-10-22-11-12-23-15(19)16-13-5-7-14(8-6-13)18(20)21;/h5-8H,3-4,9-12H2,1-2H3,(H,16,19);1H/p-1. The average molecular weight is 361 g/mol. The molecule has 0 aliphatic carbocycles. The van der Waals surface area contributed by atoms with E-state index in [-0.39, 0.29) is 24.7 Å². The quantitative estimate of drug-likeness (QED) is 0.343. The van der Waals surface area contributed by atoms with Crippen LogP contribution >= 0.6 is 0 Å². The van der Waals surface area contributed by atoms with Gasteiger partial charge in [0.05, 0.1) is 18.1 Å². The number of hydrogen-bond donors (Lipinski definition) is 1. The highest BCUT2D eigenvalue weighted by Crippen LogP contribution is 2.15. The molecule has 0 fully saturated rings. The van der Waals surface area contributed by atoms with Crippen LogP contribution in [0.1, 0.15) is 13.8 Å². The summed E-state index contributed by atoms with van der Waals surface area (Å²) < 4.78 is 10.3. The Morgan fingerprint density at radius 3 is 2.33 bits per heavy atom. The molecule has 136 valence electrons. The monoisotopic (exact) mass is 360 g/mol. The predicted octanol–water partition coefficient (Wildman–Crippen LogP) is -0.494. The van der Waals surface area contributed by atoms with Gasteiger partial charge in [0.15, 0.2) is 0 Å². The summed E-state index contributed by atoms with van der Waals surface area (Å²) in [5, 5.41) is 13.0. The third kappa shape index (κ3) is 8.66. The van der Waals surface area contributed by atoms with Crippen LogP contribution < -0.4 is 17.7 Å². The van der Waals surface area contributed by atoms with E-state index in [4.69, 9.17) is 9.47 Å². The number of nitro groups is 1. The van der Waals surface area contributed by atoms with Crippen molar-refractivity contribution in [1.82, 2.24) is 4.90 Å². The normalized spacial score (nSPS) is 10.1. The van der Waals surface area contributed by atoms with E-state index in [9.17, 15) is 14.9 Å². The fourth-order valence-corrected chi connectivity index (χ4v) is 1.85. The van der Waals surface area contributed by atoms with Gasteiger partial charge in [-0.25, -0.2) is 4.79 Å². The SMILES string of the molecule is CCN(CC)CCOCCOC(=O)Nc1ccc([N+](=O)[O-])cc1.[Cl-]. The smallest absolute Gasteiger partial charge is 0.411 e. The number of benzene rings is 1. The van der Waals surface area contributed by atoms with Gasteiger partial charge in [-0.1, -0.05) is 13.8 Å². The predicted molar refractivity (Wildman–Crippen MR) is 86.7 cm³/mol. The third-order valence-electron chi connectivity index (χ3n) is 3.23. The average Bonchev–Trinajstić information content (AvgIpc) is 2.54. The summed E-state index contributed by atoms with van der Waals surface area (Å²) in [6.07, 6.45) is -0.619. The van der Waals surface area contributed by atoms with E-state index < -0.39 is 11.0 Å². The molecule has 0 saturated heterocycles. The Hall–Kier alpha value is -1.90. The molecule has 8 nitrogen and oxygen atoms in total. The minimum Gasteiger partial charge on any atom is -1.00 e. The summed E-state index contributed by atoms with van der Waals surface area (Å²) in [6.45, 7) is 8.06. The van der Waals surface area contributed by atoms with Crippen molar-refractivity contribution in [2.45, 2.75) is 13.8 Å². The van der Waals surface area contributed by atoms with Crippen LogP contribution in [-0.4, -0.2) is 55.4 Å². The lowest BCUT2D eigenvalue weighted by Gasteiger charge is -2.17. The van der Waals surface area contributed by atoms with Crippen LogP contribution in [0.15, 0.2) is 24.3 Å². The van der Waals surface area contributed by atoms with E-state index in [0.29, 0.717) is 18.9 Å². The Bertz CT molecular complexity index is 494. The van der Waals surface area contributed by atoms with Gasteiger partial charge in [-0.3, -0.25) is 15.4 Å². The van der Waals surface area contributed by atoms with E-state index >= 15 is 0 Å². The number of non-ortho nitro benzene ring substituents is 1. The molecule has 1 aromatic rings. The largest absolute Gasteiger partial charge is 1.00 e. The Morgan fingerprint density at radius 2 is 1.79 bits per heavy atom. The highest BCUT2D eigenvalue weighted by Gasteiger charge is 2.07. The van der Waals surface area contributed by atoms with Gasteiger partial charge in [0.25, 0.3) is 5.69 Å². The zero-order chi connectivity index (χ0) is 17.1. The fraction of sp³-hybridized carbons (Fsp3) is 0.533. The molecule has 0 heterocycles. The van der Waals surface area contributed by atoms with Crippen LogP contribution in [0.4, 0.5) is 16.2 Å². The van der Waals surface area contributed by atoms with Gasteiger partial charge in [0.2, 0.25) is 0 Å². The molecule has 0 spiro atoms. The Balaban J connectivity index is 0.00000529. The molecule has 0 aliphatic heterocycles. The summed E-state index contributed by atoms with van der Waals surface area (Å²) in [5.41, 5.74) is 0.397. The lowest BCUT2D eigenvalue weighted by molar-refractivity contribution is -0.384. The van der Waals surface area contributed by atoms with E-state index in [0.717, 1.165) is 19.6 Å². The summed E-state index contributed by atoms with van der Waals surface area (Å²) >= 11 is 0. The molecule has 1 aromatic carbocycles. The fourth-order valence-electron chi connectivity index (χ4n) is 1.85. The number of halogens is 1. The van der Waals surface area contributed by atoms with Gasteiger partial charge in [0, 0.05) is 24.4 Å². The van der Waals surface area contributed by atoms with Crippen molar-refractivity contribution in [2.75, 3.05) is 44.8 Å².